The van der Waals surface area contributed by atoms with Crippen LogP contribution in [0, 0.1) is 6.92 Å². The van der Waals surface area contributed by atoms with Gasteiger partial charge in [0.15, 0.2) is 0 Å². The van der Waals surface area contributed by atoms with Gasteiger partial charge in [-0.2, -0.15) is 44.9 Å². The minimum atomic E-state index is -0.0791. The summed E-state index contributed by atoms with van der Waals surface area (Å²) in [6.45, 7) is 50.0. The van der Waals surface area contributed by atoms with Crippen LogP contribution in [0.15, 0.2) is 0 Å². The smallest absolute Gasteiger partial charge is 0.234 e. The zero-order valence-electron chi connectivity index (χ0n) is 64.0. The summed E-state index contributed by atoms with van der Waals surface area (Å²) >= 11 is 0. The Hall–Kier alpha value is -4.81. The van der Waals surface area contributed by atoms with E-state index in [9.17, 15) is 0 Å². The summed E-state index contributed by atoms with van der Waals surface area (Å²) in [4.78, 5) is 77.3. The maximum atomic E-state index is 5.63. The van der Waals surface area contributed by atoms with Crippen LogP contribution in [-0.4, -0.2) is 252 Å². The highest BCUT2D eigenvalue weighted by molar-refractivity contribution is 5.52. The van der Waals surface area contributed by atoms with Crippen molar-refractivity contribution in [3.8, 4) is 0 Å². The quantitative estimate of drug-likeness (QED) is 0.108. The number of rotatable bonds is 19. The number of piperidine rings is 5. The number of likely N-dealkylation sites (tertiary alicyclic amines) is 5. The highest BCUT2D eigenvalue weighted by Gasteiger charge is 2.50. The molecular weight excluding hydrogens is 1150 g/mol. The van der Waals surface area contributed by atoms with Crippen LogP contribution in [0.3, 0.4) is 0 Å². The number of nitrogens with one attached hydrogen (secondary N) is 2. The van der Waals surface area contributed by atoms with Gasteiger partial charge in [0.25, 0.3) is 0 Å². The molecule has 0 atom stereocenters. The summed E-state index contributed by atoms with van der Waals surface area (Å²) in [5.74, 6) is 5.31. The molecule has 2 N–H and O–H groups in total. The van der Waals surface area contributed by atoms with Gasteiger partial charge in [0.2, 0.25) is 47.6 Å². The fourth-order valence-corrected chi connectivity index (χ4v) is 17.0. The fraction of sp³-hybridized carbons (Fsp3) is 0.870. The van der Waals surface area contributed by atoms with Crippen LogP contribution in [-0.2, 0) is 0 Å². The summed E-state index contributed by atoms with van der Waals surface area (Å²) in [6.07, 6.45) is 9.44. The average molecular weight is 1280 g/mol. The number of aryl methyl sites for hydroxylation is 1. The van der Waals surface area contributed by atoms with Gasteiger partial charge in [-0.1, -0.05) is 0 Å². The molecule has 8 rings (SSSR count). The number of anilines is 8. The van der Waals surface area contributed by atoms with Crippen molar-refractivity contribution in [1.29, 1.82) is 0 Å². The molecule has 5 aliphatic heterocycles. The Bertz CT molecular complexity index is 2820. The van der Waals surface area contributed by atoms with Gasteiger partial charge in [-0.3, -0.25) is 24.5 Å². The van der Waals surface area contributed by atoms with E-state index in [4.69, 9.17) is 44.9 Å². The van der Waals surface area contributed by atoms with Gasteiger partial charge in [-0.15, -0.1) is 0 Å². The van der Waals surface area contributed by atoms with E-state index in [1.807, 2.05) is 14.0 Å². The lowest BCUT2D eigenvalue weighted by Gasteiger charge is -2.55. The third kappa shape index (κ3) is 14.9. The first-order chi connectivity index (χ1) is 42.0. The van der Waals surface area contributed by atoms with Gasteiger partial charge in [0, 0.05) is 121 Å². The van der Waals surface area contributed by atoms with Crippen molar-refractivity contribution < 1.29 is 0 Å². The van der Waals surface area contributed by atoms with Crippen molar-refractivity contribution in [3.05, 3.63) is 5.82 Å². The highest BCUT2D eigenvalue weighted by Crippen LogP contribution is 2.45. The van der Waals surface area contributed by atoms with Crippen LogP contribution in [0.4, 0.5) is 47.6 Å². The molecule has 0 radical (unpaired) electrons. The second-order valence-corrected chi connectivity index (χ2v) is 35.3. The number of aromatic nitrogens is 9. The monoisotopic (exact) mass is 1280 g/mol. The van der Waals surface area contributed by atoms with Crippen LogP contribution in [0.1, 0.15) is 209 Å². The van der Waals surface area contributed by atoms with Gasteiger partial charge >= 0.3 is 0 Å². The Morgan fingerprint density at radius 3 is 0.750 bits per heavy atom. The molecule has 0 saturated carbocycles. The molecule has 520 valence electrons. The van der Waals surface area contributed by atoms with E-state index < -0.39 is 0 Å². The van der Waals surface area contributed by atoms with Crippen molar-refractivity contribution in [2.24, 2.45) is 0 Å². The summed E-state index contributed by atoms with van der Waals surface area (Å²) in [5.41, 5.74) is -0.630. The van der Waals surface area contributed by atoms with E-state index >= 15 is 0 Å². The van der Waals surface area contributed by atoms with Crippen LogP contribution in [0.5, 0.6) is 0 Å². The summed E-state index contributed by atoms with van der Waals surface area (Å²) in [5, 5.41) is 7.30. The standard InChI is InChI=1S/C69H129N23/c1-46-72-52(74-53(73-46)81(23)47-33-60(2,3)86(28)61(4,5)34-47)71-44-92(59-79-56(84(26)50-39-66(14,15)89(31)67(16,17)40-50)76-57(80-59)85(27)51-41-68(18,19)90(32)69(20,21)42-51)45-91(43-70-22)58-77-54(82(24)48-35-62(6,7)87(29)63(8,9)36-48)75-55(78-58)83(25)49-37-64(10,11)88(30)65(12,13)38-49/h47-51,70H,33-45H2,1-32H3,(H,71,72,73,74). The van der Waals surface area contributed by atoms with Crippen molar-refractivity contribution in [3.63, 3.8) is 0 Å². The highest BCUT2D eigenvalue weighted by atomic mass is 15.5. The molecule has 0 aliphatic carbocycles. The molecule has 3 aromatic rings. The van der Waals surface area contributed by atoms with Gasteiger partial charge in [-0.25, -0.2) is 0 Å². The van der Waals surface area contributed by atoms with Gasteiger partial charge in [-0.05, 0) is 252 Å². The van der Waals surface area contributed by atoms with Gasteiger partial charge in [0.05, 0.1) is 20.0 Å². The predicted molar refractivity (Wildman–Crippen MR) is 383 cm³/mol. The molecule has 8 heterocycles. The fourth-order valence-electron chi connectivity index (χ4n) is 17.0. The zero-order valence-corrected chi connectivity index (χ0v) is 64.0. The Balaban J connectivity index is 1.30. The van der Waals surface area contributed by atoms with Crippen LogP contribution in [0.25, 0.3) is 0 Å². The average Bonchev–Trinajstić information content (AvgIpc) is 0.791. The lowest BCUT2D eigenvalue weighted by molar-refractivity contribution is -0.0127. The van der Waals surface area contributed by atoms with Crippen LogP contribution < -0.4 is 44.9 Å². The molecule has 5 aliphatic rings. The summed E-state index contributed by atoms with van der Waals surface area (Å²) in [6, 6.07) is 0.803. The van der Waals surface area contributed by atoms with Gasteiger partial charge < -0.3 is 44.9 Å². The topological polar surface area (TPSA) is 179 Å². The molecule has 23 nitrogen and oxygen atoms in total. The van der Waals surface area contributed by atoms with E-state index in [0.717, 1.165) is 64.2 Å². The normalized spacial score (nSPS) is 24.5. The Kier molecular flexibility index (Phi) is 20.1. The second-order valence-electron chi connectivity index (χ2n) is 35.3. The Morgan fingerprint density at radius 1 is 0.315 bits per heavy atom. The summed E-state index contributed by atoms with van der Waals surface area (Å²) in [7, 11) is 24.2. The minimum Gasteiger partial charge on any atom is -0.341 e. The zero-order chi connectivity index (χ0) is 69.0. The molecular formula is C69H129N23. The number of hydrogen-bond donors (Lipinski definition) is 2. The predicted octanol–water partition coefficient (Wildman–Crippen LogP) is 9.51. The Labute approximate surface area is 558 Å². The lowest BCUT2D eigenvalue weighted by atomic mass is 9.77. The van der Waals surface area contributed by atoms with Crippen molar-refractivity contribution in [2.45, 2.75) is 295 Å². The second kappa shape index (κ2) is 25.3. The van der Waals surface area contributed by atoms with E-state index in [2.05, 4.69) is 278 Å². The van der Waals surface area contributed by atoms with Gasteiger partial charge in [0.1, 0.15) is 5.82 Å². The van der Waals surface area contributed by atoms with E-state index in [0.29, 0.717) is 60.1 Å². The first kappa shape index (κ1) is 73.0. The molecule has 0 bridgehead atoms. The molecule has 0 amide bonds. The molecule has 5 saturated heterocycles. The first-order valence-corrected chi connectivity index (χ1v) is 34.4. The molecule has 92 heavy (non-hydrogen) atoms. The Morgan fingerprint density at radius 2 is 0.522 bits per heavy atom. The third-order valence-electron chi connectivity index (χ3n) is 24.4. The lowest BCUT2D eigenvalue weighted by Crippen LogP contribution is -2.62. The number of hydrogen-bond acceptors (Lipinski definition) is 23. The maximum Gasteiger partial charge on any atom is 0.234 e. The van der Waals surface area contributed by atoms with E-state index in [1.165, 1.54) is 0 Å². The molecule has 0 unspecified atom stereocenters. The molecule has 0 aromatic carbocycles. The minimum absolute atomic E-state index is 0.0280. The van der Waals surface area contributed by atoms with Crippen LogP contribution in [0.2, 0.25) is 0 Å². The third-order valence-corrected chi connectivity index (χ3v) is 24.4. The van der Waals surface area contributed by atoms with Crippen molar-refractivity contribution in [2.75, 3.05) is 137 Å². The van der Waals surface area contributed by atoms with Crippen molar-refractivity contribution in [1.82, 2.24) is 74.7 Å². The molecule has 0 spiro atoms. The molecule has 3 aromatic heterocycles. The first-order valence-electron chi connectivity index (χ1n) is 34.4. The van der Waals surface area contributed by atoms with E-state index in [-0.39, 0.29) is 98.9 Å². The number of nitrogens with zero attached hydrogens (tertiary/aromatic N) is 21. The molecule has 23 heteroatoms. The van der Waals surface area contributed by atoms with Crippen LogP contribution >= 0.6 is 0 Å². The SMILES string of the molecule is CNCN(CN(CNc1nc(C)nc(N(C)C2CC(C)(C)N(C)C(C)(C)C2)n1)c1nc(N(C)C2CC(C)(C)N(C)C(C)(C)C2)nc(N(C)C2CC(C)(C)N(C)C(C)(C)C2)n1)c1nc(N(C)C2CC(C)(C)N(C)C(C)(C)C2)nc(N(C)C2CC(C)(C)N(C)C(C)(C)C2)n1. The van der Waals surface area contributed by atoms with E-state index in [1.54, 1.807) is 0 Å². The molecule has 5 fully saturated rings. The summed E-state index contributed by atoms with van der Waals surface area (Å²) < 4.78 is 0. The van der Waals surface area contributed by atoms with Crippen molar-refractivity contribution >= 4 is 47.6 Å². The maximum absolute atomic E-state index is 5.63. The largest absolute Gasteiger partial charge is 0.341 e.